The van der Waals surface area contributed by atoms with Crippen molar-refractivity contribution in [3.8, 4) is 12.3 Å². The van der Waals surface area contributed by atoms with Gasteiger partial charge in [-0.1, -0.05) is 6.92 Å². The van der Waals surface area contributed by atoms with Crippen molar-refractivity contribution < 1.29 is 0 Å². The molecular formula is C11H22N2. The van der Waals surface area contributed by atoms with Gasteiger partial charge in [0.1, 0.15) is 0 Å². The lowest BCUT2D eigenvalue weighted by atomic mass is 10.3. The molecule has 0 rings (SSSR count). The van der Waals surface area contributed by atoms with Crippen LogP contribution >= 0.6 is 0 Å². The van der Waals surface area contributed by atoms with Gasteiger partial charge in [0.2, 0.25) is 0 Å². The number of hydrogen-bond donors (Lipinski definition) is 0. The van der Waals surface area contributed by atoms with Crippen LogP contribution in [0.1, 0.15) is 19.8 Å². The third kappa shape index (κ3) is 7.83. The van der Waals surface area contributed by atoms with E-state index in [0.717, 1.165) is 32.6 Å². The van der Waals surface area contributed by atoms with Crippen LogP contribution in [0.2, 0.25) is 0 Å². The van der Waals surface area contributed by atoms with E-state index in [-0.39, 0.29) is 0 Å². The van der Waals surface area contributed by atoms with E-state index in [0.29, 0.717) is 0 Å². The molecule has 2 heteroatoms. The maximum Gasteiger partial charge on any atom is 0.0214 e. The van der Waals surface area contributed by atoms with E-state index >= 15 is 0 Å². The fourth-order valence-electron chi connectivity index (χ4n) is 1.26. The lowest BCUT2D eigenvalue weighted by Crippen LogP contribution is -2.28. The Hall–Kier alpha value is -0.520. The highest BCUT2D eigenvalue weighted by atomic mass is 15.1. The zero-order valence-electron chi connectivity index (χ0n) is 9.21. The molecule has 76 valence electrons. The van der Waals surface area contributed by atoms with Crippen molar-refractivity contribution >= 4 is 0 Å². The summed E-state index contributed by atoms with van der Waals surface area (Å²) in [6, 6.07) is 0. The van der Waals surface area contributed by atoms with Gasteiger partial charge < -0.3 is 9.80 Å². The molecule has 0 amide bonds. The second-order valence-electron chi connectivity index (χ2n) is 3.55. The summed E-state index contributed by atoms with van der Waals surface area (Å²) < 4.78 is 0. The topological polar surface area (TPSA) is 6.48 Å². The van der Waals surface area contributed by atoms with E-state index in [1.165, 1.54) is 6.42 Å². The highest BCUT2D eigenvalue weighted by molar-refractivity contribution is 4.84. The summed E-state index contributed by atoms with van der Waals surface area (Å²) in [6.07, 6.45) is 7.32. The number of hydrogen-bond acceptors (Lipinski definition) is 2. The van der Waals surface area contributed by atoms with Gasteiger partial charge in [-0.05, 0) is 40.2 Å². The summed E-state index contributed by atoms with van der Waals surface area (Å²) >= 11 is 0. The summed E-state index contributed by atoms with van der Waals surface area (Å²) in [7, 11) is 4.22. The molecule has 0 N–H and O–H groups in total. The first-order valence-corrected chi connectivity index (χ1v) is 5.01. The van der Waals surface area contributed by atoms with Crippen molar-refractivity contribution in [1.29, 1.82) is 0 Å². The Bertz CT molecular complexity index is 147. The highest BCUT2D eigenvalue weighted by Crippen LogP contribution is 1.94. The fourth-order valence-corrected chi connectivity index (χ4v) is 1.26. The number of rotatable bonds is 7. The molecule has 0 aromatic carbocycles. The van der Waals surface area contributed by atoms with Crippen LogP contribution in [0.3, 0.4) is 0 Å². The molecule has 0 aromatic rings. The summed E-state index contributed by atoms with van der Waals surface area (Å²) in [6.45, 7) is 6.66. The van der Waals surface area contributed by atoms with E-state index < -0.39 is 0 Å². The van der Waals surface area contributed by atoms with Crippen molar-refractivity contribution in [1.82, 2.24) is 9.80 Å². The van der Waals surface area contributed by atoms with Crippen molar-refractivity contribution in [3.63, 3.8) is 0 Å². The van der Waals surface area contributed by atoms with Crippen LogP contribution in [-0.2, 0) is 0 Å². The van der Waals surface area contributed by atoms with Gasteiger partial charge >= 0.3 is 0 Å². The first-order valence-electron chi connectivity index (χ1n) is 5.01. The zero-order chi connectivity index (χ0) is 10.1. The molecule has 0 saturated heterocycles. The molecular weight excluding hydrogens is 160 g/mol. The minimum Gasteiger partial charge on any atom is -0.309 e. The van der Waals surface area contributed by atoms with Crippen LogP contribution in [0.15, 0.2) is 0 Å². The van der Waals surface area contributed by atoms with E-state index in [4.69, 9.17) is 6.42 Å². The summed E-state index contributed by atoms with van der Waals surface area (Å²) in [4.78, 5) is 4.62. The third-order valence-electron chi connectivity index (χ3n) is 2.10. The van der Waals surface area contributed by atoms with Crippen LogP contribution in [0.5, 0.6) is 0 Å². The quantitative estimate of drug-likeness (QED) is 0.547. The molecule has 0 heterocycles. The monoisotopic (exact) mass is 182 g/mol. The fraction of sp³-hybridized carbons (Fsp3) is 0.818. The molecule has 0 aliphatic heterocycles. The van der Waals surface area contributed by atoms with Gasteiger partial charge in [0.05, 0.1) is 0 Å². The predicted octanol–water partition coefficient (Wildman–Crippen LogP) is 1.28. The normalized spacial score (nSPS) is 10.8. The molecule has 0 saturated carbocycles. The first-order chi connectivity index (χ1) is 6.20. The number of nitrogens with zero attached hydrogens (tertiary/aromatic N) is 2. The van der Waals surface area contributed by atoms with Crippen LogP contribution in [0.25, 0.3) is 0 Å². The van der Waals surface area contributed by atoms with E-state index in [9.17, 15) is 0 Å². The Morgan fingerprint density at radius 1 is 1.15 bits per heavy atom. The molecule has 0 fully saturated rings. The molecule has 0 unspecified atom stereocenters. The Labute approximate surface area is 82.9 Å². The first kappa shape index (κ1) is 12.5. The van der Waals surface area contributed by atoms with Gasteiger partial charge in [0.15, 0.2) is 0 Å². The Balaban J connectivity index is 3.43. The average molecular weight is 182 g/mol. The van der Waals surface area contributed by atoms with Crippen LogP contribution < -0.4 is 0 Å². The van der Waals surface area contributed by atoms with Gasteiger partial charge in [-0.2, -0.15) is 0 Å². The zero-order valence-corrected chi connectivity index (χ0v) is 9.21. The minimum absolute atomic E-state index is 0.871. The van der Waals surface area contributed by atoms with E-state index in [1.54, 1.807) is 0 Å². The standard InChI is InChI=1S/C11H22N2/c1-5-7-10-13(6-2)11-8-9-12(3)4/h1H,6-11H2,2-4H3. The van der Waals surface area contributed by atoms with Gasteiger partial charge in [-0.15, -0.1) is 12.3 Å². The van der Waals surface area contributed by atoms with Crippen LogP contribution in [-0.4, -0.2) is 50.1 Å². The Kier molecular flexibility index (Phi) is 7.77. The Morgan fingerprint density at radius 2 is 1.85 bits per heavy atom. The largest absolute Gasteiger partial charge is 0.309 e. The summed E-state index contributed by atoms with van der Waals surface area (Å²) in [5.74, 6) is 2.68. The Morgan fingerprint density at radius 3 is 2.31 bits per heavy atom. The molecule has 2 nitrogen and oxygen atoms in total. The van der Waals surface area contributed by atoms with Gasteiger partial charge in [-0.25, -0.2) is 0 Å². The SMILES string of the molecule is C#CCCN(CC)CCCN(C)C. The third-order valence-corrected chi connectivity index (χ3v) is 2.10. The average Bonchev–Trinajstić information content (AvgIpc) is 2.10. The van der Waals surface area contributed by atoms with Gasteiger partial charge in [0, 0.05) is 13.0 Å². The highest BCUT2D eigenvalue weighted by Gasteiger charge is 2.00. The van der Waals surface area contributed by atoms with Crippen LogP contribution in [0, 0.1) is 12.3 Å². The van der Waals surface area contributed by atoms with E-state index in [1.807, 2.05) is 0 Å². The van der Waals surface area contributed by atoms with Crippen molar-refractivity contribution in [2.75, 3.05) is 40.3 Å². The molecule has 0 aromatic heterocycles. The molecule has 0 spiro atoms. The van der Waals surface area contributed by atoms with Crippen molar-refractivity contribution in [3.05, 3.63) is 0 Å². The minimum atomic E-state index is 0.871. The summed E-state index contributed by atoms with van der Waals surface area (Å²) in [5, 5.41) is 0. The molecule has 0 atom stereocenters. The van der Waals surface area contributed by atoms with E-state index in [2.05, 4.69) is 36.7 Å². The maximum absolute atomic E-state index is 5.22. The molecule has 0 radical (unpaired) electrons. The maximum atomic E-state index is 5.22. The second-order valence-corrected chi connectivity index (χ2v) is 3.55. The molecule has 0 aliphatic rings. The van der Waals surface area contributed by atoms with Crippen LogP contribution in [0.4, 0.5) is 0 Å². The van der Waals surface area contributed by atoms with Crippen molar-refractivity contribution in [2.45, 2.75) is 19.8 Å². The lowest BCUT2D eigenvalue weighted by molar-refractivity contribution is 0.272. The molecule has 0 aliphatic carbocycles. The lowest BCUT2D eigenvalue weighted by Gasteiger charge is -2.20. The molecule has 0 bridgehead atoms. The van der Waals surface area contributed by atoms with Gasteiger partial charge in [-0.3, -0.25) is 0 Å². The smallest absolute Gasteiger partial charge is 0.0214 e. The number of terminal acetylenes is 1. The van der Waals surface area contributed by atoms with Crippen molar-refractivity contribution in [2.24, 2.45) is 0 Å². The predicted molar refractivity (Wildman–Crippen MR) is 58.7 cm³/mol. The molecule has 13 heavy (non-hydrogen) atoms. The van der Waals surface area contributed by atoms with Gasteiger partial charge in [0.25, 0.3) is 0 Å². The summed E-state index contributed by atoms with van der Waals surface area (Å²) in [5.41, 5.74) is 0. The second kappa shape index (κ2) is 8.10.